The molecule has 4 aliphatic heterocycles. The second kappa shape index (κ2) is 32.9. The van der Waals surface area contributed by atoms with Crippen molar-refractivity contribution in [2.24, 2.45) is 46.6 Å². The highest BCUT2D eigenvalue weighted by Crippen LogP contribution is 2.41. The lowest BCUT2D eigenvalue weighted by atomic mass is 9.74. The van der Waals surface area contributed by atoms with Crippen LogP contribution in [0.25, 0.3) is 0 Å². The maximum absolute atomic E-state index is 16.1. The number of likely N-dealkylation sites (N-methyl/N-ethyl adjacent to an activating group) is 1. The predicted octanol–water partition coefficient (Wildman–Crippen LogP) is 6.66. The normalized spacial score (nSPS) is 36.4. The number of benzene rings is 1. The maximum Gasteiger partial charge on any atom is 0.573 e. The fourth-order valence-electron chi connectivity index (χ4n) is 12.5. The van der Waals surface area contributed by atoms with Gasteiger partial charge in [0.25, 0.3) is 0 Å². The van der Waals surface area contributed by atoms with Crippen molar-refractivity contribution in [1.29, 1.82) is 0 Å². The zero-order chi connectivity index (χ0) is 68.4. The van der Waals surface area contributed by atoms with Gasteiger partial charge in [-0.1, -0.05) is 65.8 Å². The van der Waals surface area contributed by atoms with Gasteiger partial charge in [0.2, 0.25) is 10.0 Å². The third kappa shape index (κ3) is 20.8. The van der Waals surface area contributed by atoms with Gasteiger partial charge in [0.15, 0.2) is 30.3 Å². The summed E-state index contributed by atoms with van der Waals surface area (Å²) in [6.45, 7) is 24.7. The number of carbonyl (C=O) groups excluding carboxylic acids is 4. The summed E-state index contributed by atoms with van der Waals surface area (Å²) < 4.78 is 144. The van der Waals surface area contributed by atoms with E-state index in [1.165, 1.54) is 55.1 Å². The van der Waals surface area contributed by atoms with Gasteiger partial charge in [0.05, 0.1) is 60.2 Å². The molecule has 0 bridgehead atoms. The van der Waals surface area contributed by atoms with Gasteiger partial charge in [-0.2, -0.15) is 0 Å². The first-order valence-electron chi connectivity index (χ1n) is 31.2. The third-order valence-electron chi connectivity index (χ3n) is 17.4. The van der Waals surface area contributed by atoms with E-state index < -0.39 is 190 Å². The molecule has 4 heterocycles. The molecule has 0 radical (unpaired) electrons. The van der Waals surface area contributed by atoms with Crippen LogP contribution < -0.4 is 14.8 Å². The molecule has 4 saturated heterocycles. The number of aliphatic hydroxyl groups excluding tert-OH is 2. The highest BCUT2D eigenvalue weighted by molar-refractivity contribution is 7.89. The van der Waals surface area contributed by atoms with Crippen LogP contribution in [0.15, 0.2) is 34.3 Å². The molecule has 1 amide bonds. The molecule has 4 N–H and O–H groups in total. The summed E-state index contributed by atoms with van der Waals surface area (Å²) in [5, 5.41) is 29.5. The molecule has 0 spiro atoms. The number of methoxy groups -OCH3 is 2. The molecule has 22 atom stereocenters. The first-order chi connectivity index (χ1) is 42.3. The number of ketones is 1. The van der Waals surface area contributed by atoms with Crippen molar-refractivity contribution in [3.63, 3.8) is 0 Å². The number of nitrogens with one attached hydrogen (secondary N) is 2. The first-order valence-corrected chi connectivity index (χ1v) is 32.7. The van der Waals surface area contributed by atoms with E-state index in [1.807, 2.05) is 20.9 Å². The average Bonchev–Trinajstić information content (AvgIpc) is 1.05. The quantitative estimate of drug-likeness (QED) is 0.0568. The minimum atomic E-state index is -5.23. The number of rotatable bonds is 21. The predicted molar refractivity (Wildman–Crippen MR) is 322 cm³/mol. The number of nitrogens with zero attached hydrogens (tertiary/aromatic N) is 2. The number of cyclic esters (lactones) is 1. The van der Waals surface area contributed by atoms with Crippen LogP contribution in [0.1, 0.15) is 130 Å². The van der Waals surface area contributed by atoms with Gasteiger partial charge >= 0.3 is 24.4 Å². The summed E-state index contributed by atoms with van der Waals surface area (Å²) >= 11 is 0. The minimum Gasteiger partial charge on any atom is -0.461 e. The van der Waals surface area contributed by atoms with Crippen molar-refractivity contribution < 1.29 is 113 Å². The number of carbonyl (C=O) groups is 4. The number of esters is 2. The Morgan fingerprint density at radius 1 is 0.846 bits per heavy atom. The monoisotopic (exact) mass is 1330 g/mol. The molecule has 2 unspecified atom stereocenters. The average molecular weight is 1330 g/mol. The highest BCUT2D eigenvalue weighted by atomic mass is 32.2. The number of ether oxygens (including phenoxy) is 12. The highest BCUT2D eigenvalue weighted by Gasteiger charge is 2.53. The Morgan fingerprint density at radius 3 is 2.11 bits per heavy atom. The van der Waals surface area contributed by atoms with Crippen LogP contribution in [0.4, 0.5) is 18.0 Å². The number of halogens is 3. The second-order valence-corrected chi connectivity index (χ2v) is 28.2. The van der Waals surface area contributed by atoms with Gasteiger partial charge < -0.3 is 82.1 Å². The van der Waals surface area contributed by atoms with Crippen molar-refractivity contribution in [3.8, 4) is 5.75 Å². The van der Waals surface area contributed by atoms with Crippen LogP contribution in [0.3, 0.4) is 0 Å². The van der Waals surface area contributed by atoms with Gasteiger partial charge in [-0.05, 0) is 92.8 Å². The lowest BCUT2D eigenvalue weighted by molar-refractivity contribution is -0.305. The topological polar surface area (TPSA) is 303 Å². The number of alkyl halides is 3. The van der Waals surface area contributed by atoms with Crippen LogP contribution in [-0.2, 0) is 81.3 Å². The molecule has 25 nitrogen and oxygen atoms in total. The van der Waals surface area contributed by atoms with Crippen molar-refractivity contribution in [2.45, 2.75) is 244 Å². The zero-order valence-electron chi connectivity index (χ0n) is 56.0. The molecule has 1 aromatic rings. The number of hydrogen-bond donors (Lipinski definition) is 4. The van der Waals surface area contributed by atoms with Gasteiger partial charge in [-0.15, -0.1) is 13.2 Å². The van der Waals surface area contributed by atoms with E-state index in [9.17, 15) is 41.4 Å². The molecule has 29 heteroatoms. The first kappa shape index (κ1) is 77.3. The van der Waals surface area contributed by atoms with E-state index >= 15 is 9.59 Å². The van der Waals surface area contributed by atoms with E-state index in [-0.39, 0.29) is 43.2 Å². The number of para-hydroxylation sites is 1. The summed E-state index contributed by atoms with van der Waals surface area (Å²) in [4.78, 5) is 66.8. The van der Waals surface area contributed by atoms with E-state index in [4.69, 9.17) is 56.9 Å². The van der Waals surface area contributed by atoms with Gasteiger partial charge in [0.1, 0.15) is 54.4 Å². The second-order valence-electron chi connectivity index (χ2n) is 26.5. The lowest BCUT2D eigenvalue weighted by Gasteiger charge is -2.45. The standard InChI is InChI=1S/C62H101F3N4O21S/c1-31(2)24-45(70)85-51-38(9)50(33(4)29-81-58-54(79-18)53(78-17)47(71)41(12)84-58)87-56(74)40(11)52(86-46-25-34(5)69(16)28-36(7)82-46)37(8)49(88-57-48(72)42(68-80-19)26-35(6)83-57)32(3)27-61(15,55(73)39(51)10)90-59(75)67-60(13,14)30-66-91(76,77)44-23-21-20-22-43(44)89-62(63,64)65/h20-23,31-41,46-54,57-58,66,71-72H,24-30H2,1-19H3,(H,67,75)/t32-,33?,34?,35+,36-,37+,38-,39+,40+,41+,46-,47+,48+,49-,50+,51+,52-,53+,54+,57-,58+,61-/m0/s1. The Bertz CT molecular complexity index is 2700. The maximum atomic E-state index is 16.1. The third-order valence-corrected chi connectivity index (χ3v) is 18.9. The largest absolute Gasteiger partial charge is 0.573 e. The van der Waals surface area contributed by atoms with Crippen LogP contribution in [0, 0.1) is 41.4 Å². The van der Waals surface area contributed by atoms with Crippen molar-refractivity contribution in [3.05, 3.63) is 24.3 Å². The van der Waals surface area contributed by atoms with E-state index in [1.54, 1.807) is 62.3 Å². The molecule has 4 fully saturated rings. The lowest BCUT2D eigenvalue weighted by Crippen LogP contribution is -2.59. The Balaban J connectivity index is 1.70. The summed E-state index contributed by atoms with van der Waals surface area (Å²) in [5.41, 5.74) is -3.66. The number of sulfonamides is 1. The Labute approximate surface area is 534 Å². The number of amides is 1. The molecule has 1 aromatic carbocycles. The van der Waals surface area contributed by atoms with Crippen molar-refractivity contribution in [2.75, 3.05) is 48.1 Å². The Morgan fingerprint density at radius 2 is 1.49 bits per heavy atom. The summed E-state index contributed by atoms with van der Waals surface area (Å²) in [6, 6.07) is 4.03. The van der Waals surface area contributed by atoms with Crippen LogP contribution in [0.5, 0.6) is 5.75 Å². The van der Waals surface area contributed by atoms with Crippen LogP contribution in [0.2, 0.25) is 0 Å². The SMILES string of the molecule is CON=C1C[C@@H](C)O[C@@H](O[C@@H]2[C@@H](C)[C@H](O[C@H]3CC(C)N(C)C[C@H](C)O3)[C@@H](C)C(=O)O[C@H](C(C)CO[C@@H]3O[C@H](C)[C@@H](O)[C@@H](OC)[C@H]3OC)[C@H](C)[C@@H](OC(=O)CC(C)C)[C@@H](C)C(=O)[C@@](C)(OC(=O)NC(C)(C)CNS(=O)(=O)c3ccccc3OC(F)(F)F)C[C@@H]2C)[C@@H]1O. The van der Waals surface area contributed by atoms with Gasteiger partial charge in [-0.25, -0.2) is 17.9 Å². The summed E-state index contributed by atoms with van der Waals surface area (Å²) in [5.74, 6) is -9.84. The van der Waals surface area contributed by atoms with Crippen LogP contribution in [-0.4, -0.2) is 211 Å². The van der Waals surface area contributed by atoms with Crippen LogP contribution >= 0.6 is 0 Å². The smallest absolute Gasteiger partial charge is 0.461 e. The number of Topliss-reactive ketones (excluding diaryl/α,β-unsaturated/α-hetero) is 1. The molecule has 5 rings (SSSR count). The summed E-state index contributed by atoms with van der Waals surface area (Å²) in [7, 11) is 1.34. The van der Waals surface area contributed by atoms with Gasteiger partial charge in [-0.3, -0.25) is 14.4 Å². The zero-order valence-corrected chi connectivity index (χ0v) is 56.9. The fourth-order valence-corrected chi connectivity index (χ4v) is 13.9. The number of aliphatic hydroxyl groups is 2. The summed E-state index contributed by atoms with van der Waals surface area (Å²) in [6.07, 6.45) is -21.1. The molecule has 91 heavy (non-hydrogen) atoms. The van der Waals surface area contributed by atoms with Gasteiger partial charge in [0, 0.05) is 70.4 Å². The molecule has 4 aliphatic rings. The molecule has 0 aromatic heterocycles. The Kier molecular flexibility index (Phi) is 27.9. The Hall–Kier alpha value is -4.37. The number of alkyl carbamates (subject to hydrolysis) is 1. The van der Waals surface area contributed by atoms with E-state index in [2.05, 4.69) is 24.8 Å². The number of hydrogen-bond acceptors (Lipinski definition) is 23. The molecular weight excluding hydrogens is 1230 g/mol. The molecular formula is C62H101F3N4O21S. The fraction of sp³-hybridized carbons (Fsp3) is 0.823. The van der Waals surface area contributed by atoms with E-state index in [0.29, 0.717) is 13.0 Å². The molecule has 522 valence electrons. The molecule has 0 aliphatic carbocycles. The number of oxime groups is 1. The van der Waals surface area contributed by atoms with Crippen molar-refractivity contribution >= 4 is 39.6 Å². The van der Waals surface area contributed by atoms with Crippen molar-refractivity contribution in [1.82, 2.24) is 14.9 Å². The van der Waals surface area contributed by atoms with E-state index in [0.717, 1.165) is 18.2 Å². The molecule has 0 saturated carbocycles. The minimum absolute atomic E-state index is 0.0720.